The van der Waals surface area contributed by atoms with Crippen molar-refractivity contribution >= 4 is 15.6 Å². The smallest absolute Gasteiger partial charge is 0.178 e. The molecule has 1 rings (SSSR count). The Morgan fingerprint density at radius 1 is 1.26 bits per heavy atom. The first-order valence-corrected chi connectivity index (χ1v) is 8.38. The Labute approximate surface area is 116 Å². The summed E-state index contributed by atoms with van der Waals surface area (Å²) in [5.41, 5.74) is 2.42. The fourth-order valence-corrected chi connectivity index (χ4v) is 3.79. The van der Waals surface area contributed by atoms with Gasteiger partial charge in [-0.2, -0.15) is 0 Å². The highest BCUT2D eigenvalue weighted by Gasteiger charge is 2.21. The van der Waals surface area contributed by atoms with Crippen molar-refractivity contribution in [1.82, 2.24) is 0 Å². The van der Waals surface area contributed by atoms with E-state index >= 15 is 0 Å². The second-order valence-corrected chi connectivity index (χ2v) is 7.42. The lowest BCUT2D eigenvalue weighted by molar-refractivity contribution is 0.102. The van der Waals surface area contributed by atoms with Crippen LogP contribution in [-0.2, 0) is 9.84 Å². The molecular formula is C15H22O3S. The van der Waals surface area contributed by atoms with Gasteiger partial charge in [0, 0.05) is 5.56 Å². The number of carbonyl (C=O) groups is 1. The summed E-state index contributed by atoms with van der Waals surface area (Å²) in [5, 5.41) is 0. The van der Waals surface area contributed by atoms with Crippen LogP contribution in [0.15, 0.2) is 18.2 Å². The van der Waals surface area contributed by atoms with Crippen LogP contribution in [0.5, 0.6) is 0 Å². The van der Waals surface area contributed by atoms with Gasteiger partial charge in [0.1, 0.15) is 5.75 Å². The first-order chi connectivity index (χ1) is 8.75. The highest BCUT2D eigenvalue weighted by molar-refractivity contribution is 7.92. The minimum atomic E-state index is -3.32. The van der Waals surface area contributed by atoms with E-state index in [4.69, 9.17) is 0 Å². The zero-order chi connectivity index (χ0) is 14.6. The van der Waals surface area contributed by atoms with Crippen molar-refractivity contribution < 1.29 is 13.2 Å². The number of aryl methyl sites for hydroxylation is 2. The molecule has 1 atom stereocenters. The van der Waals surface area contributed by atoms with Gasteiger partial charge in [0.25, 0.3) is 0 Å². The van der Waals surface area contributed by atoms with E-state index in [1.165, 1.54) is 0 Å². The van der Waals surface area contributed by atoms with Gasteiger partial charge in [0.15, 0.2) is 15.6 Å². The van der Waals surface area contributed by atoms with Gasteiger partial charge in [-0.15, -0.1) is 0 Å². The van der Waals surface area contributed by atoms with Crippen LogP contribution < -0.4 is 0 Å². The SMILES string of the molecule is CCC(C)CS(=O)(=O)CC(=O)c1ccc(C)cc1C. The van der Waals surface area contributed by atoms with Crippen molar-refractivity contribution in [1.29, 1.82) is 0 Å². The molecule has 0 aliphatic carbocycles. The van der Waals surface area contributed by atoms with E-state index in [0.29, 0.717) is 5.56 Å². The number of Topliss-reactive ketones (excluding diaryl/α,β-unsaturated/α-hetero) is 1. The molecule has 1 aromatic carbocycles. The van der Waals surface area contributed by atoms with Crippen LogP contribution in [0.2, 0.25) is 0 Å². The number of ketones is 1. The van der Waals surface area contributed by atoms with E-state index in [-0.39, 0.29) is 23.2 Å². The van der Waals surface area contributed by atoms with Gasteiger partial charge in [-0.05, 0) is 25.3 Å². The van der Waals surface area contributed by atoms with Gasteiger partial charge >= 0.3 is 0 Å². The van der Waals surface area contributed by atoms with E-state index < -0.39 is 9.84 Å². The molecular weight excluding hydrogens is 260 g/mol. The zero-order valence-electron chi connectivity index (χ0n) is 12.1. The lowest BCUT2D eigenvalue weighted by atomic mass is 10.0. The van der Waals surface area contributed by atoms with Crippen LogP contribution >= 0.6 is 0 Å². The predicted molar refractivity (Wildman–Crippen MR) is 78.4 cm³/mol. The maximum Gasteiger partial charge on any atom is 0.178 e. The van der Waals surface area contributed by atoms with E-state index in [2.05, 4.69) is 0 Å². The summed E-state index contributed by atoms with van der Waals surface area (Å²) in [6.07, 6.45) is 0.803. The van der Waals surface area contributed by atoms with Gasteiger partial charge in [0.2, 0.25) is 0 Å². The Morgan fingerprint density at radius 2 is 1.89 bits per heavy atom. The lowest BCUT2D eigenvalue weighted by Gasteiger charge is -2.10. The molecule has 0 saturated carbocycles. The molecule has 0 aliphatic rings. The summed E-state index contributed by atoms with van der Waals surface area (Å²) in [4.78, 5) is 12.1. The van der Waals surface area contributed by atoms with E-state index in [0.717, 1.165) is 17.5 Å². The van der Waals surface area contributed by atoms with Crippen LogP contribution in [0.3, 0.4) is 0 Å². The summed E-state index contributed by atoms with van der Waals surface area (Å²) in [7, 11) is -3.32. The summed E-state index contributed by atoms with van der Waals surface area (Å²) in [5.74, 6) is -0.515. The second kappa shape index (κ2) is 6.33. The number of benzene rings is 1. The first kappa shape index (κ1) is 15.9. The van der Waals surface area contributed by atoms with Crippen molar-refractivity contribution in [2.24, 2.45) is 5.92 Å². The molecule has 4 heteroatoms. The molecule has 0 aromatic heterocycles. The monoisotopic (exact) mass is 282 g/mol. The van der Waals surface area contributed by atoms with Crippen LogP contribution in [-0.4, -0.2) is 25.7 Å². The molecule has 0 saturated heterocycles. The number of sulfone groups is 1. The second-order valence-electron chi connectivity index (χ2n) is 5.31. The molecule has 19 heavy (non-hydrogen) atoms. The minimum Gasteiger partial charge on any atom is -0.293 e. The molecule has 0 N–H and O–H groups in total. The van der Waals surface area contributed by atoms with E-state index in [9.17, 15) is 13.2 Å². The number of carbonyl (C=O) groups excluding carboxylic acids is 1. The third-order valence-electron chi connectivity index (χ3n) is 3.27. The van der Waals surface area contributed by atoms with E-state index in [1.54, 1.807) is 6.07 Å². The Balaban J connectivity index is 2.85. The molecule has 1 unspecified atom stereocenters. The minimum absolute atomic E-state index is 0.0835. The fraction of sp³-hybridized carbons (Fsp3) is 0.533. The van der Waals surface area contributed by atoms with Crippen molar-refractivity contribution in [2.75, 3.05) is 11.5 Å². The highest BCUT2D eigenvalue weighted by atomic mass is 32.2. The number of hydrogen-bond acceptors (Lipinski definition) is 3. The summed E-state index contributed by atoms with van der Waals surface area (Å²) < 4.78 is 23.9. The normalized spacial score (nSPS) is 13.3. The summed E-state index contributed by atoms with van der Waals surface area (Å²) >= 11 is 0. The maximum absolute atomic E-state index is 12.1. The van der Waals surface area contributed by atoms with E-state index in [1.807, 2.05) is 39.8 Å². The van der Waals surface area contributed by atoms with Gasteiger partial charge in [-0.3, -0.25) is 4.79 Å². The van der Waals surface area contributed by atoms with Crippen LogP contribution in [0.1, 0.15) is 41.8 Å². The van der Waals surface area contributed by atoms with Gasteiger partial charge < -0.3 is 0 Å². The van der Waals surface area contributed by atoms with Crippen molar-refractivity contribution in [3.05, 3.63) is 34.9 Å². The average molecular weight is 282 g/mol. The fourth-order valence-electron chi connectivity index (χ4n) is 2.01. The molecule has 106 valence electrons. The zero-order valence-corrected chi connectivity index (χ0v) is 12.9. The molecule has 0 heterocycles. The highest BCUT2D eigenvalue weighted by Crippen LogP contribution is 2.14. The van der Waals surface area contributed by atoms with Crippen LogP contribution in [0, 0.1) is 19.8 Å². The molecule has 1 aromatic rings. The van der Waals surface area contributed by atoms with Crippen LogP contribution in [0.25, 0.3) is 0 Å². The molecule has 0 spiro atoms. The number of rotatable bonds is 6. The third-order valence-corrected chi connectivity index (χ3v) is 5.05. The average Bonchev–Trinajstić information content (AvgIpc) is 2.26. The summed E-state index contributed by atoms with van der Waals surface area (Å²) in [6, 6.07) is 5.45. The van der Waals surface area contributed by atoms with Gasteiger partial charge in [-0.25, -0.2) is 8.42 Å². The standard InChI is InChI=1S/C15H22O3S/c1-5-11(2)9-19(17,18)10-15(16)14-7-6-12(3)8-13(14)4/h6-8,11H,5,9-10H2,1-4H3. The van der Waals surface area contributed by atoms with Crippen LogP contribution in [0.4, 0.5) is 0 Å². The first-order valence-electron chi connectivity index (χ1n) is 6.56. The molecule has 0 bridgehead atoms. The van der Waals surface area contributed by atoms with Crippen molar-refractivity contribution in [2.45, 2.75) is 34.1 Å². The largest absolute Gasteiger partial charge is 0.293 e. The Kier molecular flexibility index (Phi) is 5.29. The van der Waals surface area contributed by atoms with Gasteiger partial charge in [0.05, 0.1) is 5.75 Å². The number of hydrogen-bond donors (Lipinski definition) is 0. The Morgan fingerprint density at radius 3 is 2.42 bits per heavy atom. The lowest BCUT2D eigenvalue weighted by Crippen LogP contribution is -2.22. The molecule has 0 radical (unpaired) electrons. The molecule has 0 fully saturated rings. The maximum atomic E-state index is 12.1. The quantitative estimate of drug-likeness (QED) is 0.754. The molecule has 0 aliphatic heterocycles. The summed E-state index contributed by atoms with van der Waals surface area (Å²) in [6.45, 7) is 7.62. The Bertz CT molecular complexity index is 559. The van der Waals surface area contributed by atoms with Crippen molar-refractivity contribution in [3.8, 4) is 0 Å². The van der Waals surface area contributed by atoms with Gasteiger partial charge in [-0.1, -0.05) is 44.0 Å². The molecule has 0 amide bonds. The Hall–Kier alpha value is -1.16. The predicted octanol–water partition coefficient (Wildman–Crippen LogP) is 2.95. The topological polar surface area (TPSA) is 51.2 Å². The van der Waals surface area contributed by atoms with Crippen molar-refractivity contribution in [3.63, 3.8) is 0 Å². The third kappa shape index (κ3) is 4.78. The molecule has 3 nitrogen and oxygen atoms in total.